The number of hydrogen-bond donors (Lipinski definition) is 1. The van der Waals surface area contributed by atoms with E-state index in [1.165, 1.54) is 12.1 Å². The highest BCUT2D eigenvalue weighted by Crippen LogP contribution is 2.22. The van der Waals surface area contributed by atoms with E-state index in [9.17, 15) is 4.79 Å². The third-order valence-electron chi connectivity index (χ3n) is 1.80. The van der Waals surface area contributed by atoms with E-state index in [4.69, 9.17) is 9.63 Å². The lowest BCUT2D eigenvalue weighted by molar-refractivity contribution is -0.107. The zero-order valence-corrected chi connectivity index (χ0v) is 6.73. The van der Waals surface area contributed by atoms with E-state index in [0.29, 0.717) is 11.3 Å². The summed E-state index contributed by atoms with van der Waals surface area (Å²) in [6.07, 6.45) is 0.966. The molecule has 0 aliphatic rings. The van der Waals surface area contributed by atoms with Crippen molar-refractivity contribution in [1.29, 1.82) is 0 Å². The second kappa shape index (κ2) is 2.90. The molecule has 0 unspecified atom stereocenters. The van der Waals surface area contributed by atoms with Crippen LogP contribution in [-0.2, 0) is 11.2 Å². The number of aromatic hydroxyl groups is 1. The molecule has 0 radical (unpaired) electrons. The Morgan fingerprint density at radius 3 is 3.15 bits per heavy atom. The van der Waals surface area contributed by atoms with Crippen molar-refractivity contribution in [3.63, 3.8) is 0 Å². The zero-order valence-electron chi connectivity index (χ0n) is 6.73. The molecule has 0 saturated carbocycles. The highest BCUT2D eigenvalue weighted by molar-refractivity contribution is 5.83. The van der Waals surface area contributed by atoms with Crippen molar-refractivity contribution in [3.8, 4) is 5.75 Å². The predicted octanol–water partition coefficient (Wildman–Crippen LogP) is 1.27. The third-order valence-corrected chi connectivity index (χ3v) is 1.80. The largest absolute Gasteiger partial charge is 0.508 e. The minimum Gasteiger partial charge on any atom is -0.508 e. The summed E-state index contributed by atoms with van der Waals surface area (Å²) < 4.78 is 4.92. The Balaban J connectivity index is 2.61. The average molecular weight is 177 g/mol. The van der Waals surface area contributed by atoms with Crippen LogP contribution >= 0.6 is 0 Å². The van der Waals surface area contributed by atoms with Gasteiger partial charge in [-0.15, -0.1) is 0 Å². The van der Waals surface area contributed by atoms with E-state index < -0.39 is 0 Å². The number of aldehydes is 1. The molecule has 0 saturated heterocycles. The molecular formula is C9H7NO3. The number of hydrogen-bond acceptors (Lipinski definition) is 4. The van der Waals surface area contributed by atoms with Gasteiger partial charge < -0.3 is 14.4 Å². The minimum absolute atomic E-state index is 0.137. The van der Waals surface area contributed by atoms with Gasteiger partial charge in [0.2, 0.25) is 0 Å². The molecule has 0 aliphatic heterocycles. The first-order chi connectivity index (χ1) is 6.31. The summed E-state index contributed by atoms with van der Waals surface area (Å²) in [5.74, 6) is 0.670. The molecule has 2 rings (SSSR count). The number of carbonyl (C=O) groups excluding carboxylic acids is 1. The number of fused-ring (bicyclic) bond motifs is 1. The fourth-order valence-electron chi connectivity index (χ4n) is 1.21. The maximum Gasteiger partial charge on any atom is 0.151 e. The van der Waals surface area contributed by atoms with E-state index in [-0.39, 0.29) is 12.2 Å². The molecule has 0 fully saturated rings. The monoisotopic (exact) mass is 177 g/mol. The van der Waals surface area contributed by atoms with Crippen molar-refractivity contribution >= 4 is 17.2 Å². The second-order valence-corrected chi connectivity index (χ2v) is 2.68. The summed E-state index contributed by atoms with van der Waals surface area (Å²) >= 11 is 0. The third kappa shape index (κ3) is 1.26. The maximum atomic E-state index is 10.2. The van der Waals surface area contributed by atoms with Gasteiger partial charge in [-0.25, -0.2) is 0 Å². The Hall–Kier alpha value is -1.84. The maximum absolute atomic E-state index is 10.2. The summed E-state index contributed by atoms with van der Waals surface area (Å²) in [6.45, 7) is 0. The van der Waals surface area contributed by atoms with E-state index in [2.05, 4.69) is 5.16 Å². The fourth-order valence-corrected chi connectivity index (χ4v) is 1.21. The van der Waals surface area contributed by atoms with Gasteiger partial charge in [-0.2, -0.15) is 0 Å². The smallest absolute Gasteiger partial charge is 0.151 e. The summed E-state index contributed by atoms with van der Waals surface area (Å²) in [6, 6.07) is 4.71. The van der Waals surface area contributed by atoms with Crippen LogP contribution in [0.4, 0.5) is 0 Å². The SMILES string of the molecule is O=CCc1onc2cc(O)ccc12. The summed E-state index contributed by atoms with van der Waals surface area (Å²) in [7, 11) is 0. The molecule has 0 spiro atoms. The lowest BCUT2D eigenvalue weighted by Crippen LogP contribution is -1.81. The number of phenolic OH excluding ortho intramolecular Hbond substituents is 1. The molecule has 1 heterocycles. The molecular weight excluding hydrogens is 170 g/mol. The van der Waals surface area contributed by atoms with Crippen LogP contribution in [-0.4, -0.2) is 16.5 Å². The van der Waals surface area contributed by atoms with Crippen LogP contribution in [0.25, 0.3) is 10.9 Å². The van der Waals surface area contributed by atoms with E-state index in [1.54, 1.807) is 6.07 Å². The van der Waals surface area contributed by atoms with Crippen molar-refractivity contribution in [1.82, 2.24) is 5.16 Å². The second-order valence-electron chi connectivity index (χ2n) is 2.68. The van der Waals surface area contributed by atoms with Crippen LogP contribution in [0.3, 0.4) is 0 Å². The summed E-state index contributed by atoms with van der Waals surface area (Å²) in [5.41, 5.74) is 0.567. The lowest BCUT2D eigenvalue weighted by atomic mass is 10.2. The average Bonchev–Trinajstić information content (AvgIpc) is 2.49. The van der Waals surface area contributed by atoms with Crippen LogP contribution < -0.4 is 0 Å². The number of aromatic nitrogens is 1. The van der Waals surface area contributed by atoms with Gasteiger partial charge in [0.05, 0.1) is 6.42 Å². The van der Waals surface area contributed by atoms with Gasteiger partial charge in [-0.05, 0) is 12.1 Å². The van der Waals surface area contributed by atoms with E-state index in [0.717, 1.165) is 11.7 Å². The zero-order chi connectivity index (χ0) is 9.26. The fraction of sp³-hybridized carbons (Fsp3) is 0.111. The van der Waals surface area contributed by atoms with Crippen LogP contribution in [0.1, 0.15) is 5.76 Å². The van der Waals surface area contributed by atoms with Crippen molar-refractivity contribution in [2.45, 2.75) is 6.42 Å². The quantitative estimate of drug-likeness (QED) is 0.701. The first-order valence-electron chi connectivity index (χ1n) is 3.82. The van der Waals surface area contributed by atoms with Crippen LogP contribution in [0, 0.1) is 0 Å². The van der Waals surface area contributed by atoms with Crippen molar-refractivity contribution in [2.24, 2.45) is 0 Å². The summed E-state index contributed by atoms with van der Waals surface area (Å²) in [5, 5.41) is 13.6. The van der Waals surface area contributed by atoms with E-state index >= 15 is 0 Å². The van der Waals surface area contributed by atoms with Crippen LogP contribution in [0.2, 0.25) is 0 Å². The minimum atomic E-state index is 0.137. The molecule has 13 heavy (non-hydrogen) atoms. The molecule has 4 nitrogen and oxygen atoms in total. The molecule has 1 aromatic heterocycles. The molecule has 0 atom stereocenters. The van der Waals surface area contributed by atoms with Gasteiger partial charge in [0, 0.05) is 11.5 Å². The highest BCUT2D eigenvalue weighted by atomic mass is 16.5. The molecule has 0 bridgehead atoms. The Morgan fingerprint density at radius 1 is 1.54 bits per heavy atom. The van der Waals surface area contributed by atoms with Gasteiger partial charge in [-0.3, -0.25) is 0 Å². The number of rotatable bonds is 2. The number of carbonyl (C=O) groups is 1. The summed E-state index contributed by atoms with van der Waals surface area (Å²) in [4.78, 5) is 10.2. The van der Waals surface area contributed by atoms with Gasteiger partial charge >= 0.3 is 0 Å². The molecule has 0 amide bonds. The number of benzene rings is 1. The molecule has 66 valence electrons. The van der Waals surface area contributed by atoms with Gasteiger partial charge in [0.15, 0.2) is 5.76 Å². The molecule has 1 N–H and O–H groups in total. The molecule has 4 heteroatoms. The predicted molar refractivity (Wildman–Crippen MR) is 45.4 cm³/mol. The van der Waals surface area contributed by atoms with E-state index in [1.807, 2.05) is 0 Å². The highest BCUT2D eigenvalue weighted by Gasteiger charge is 2.07. The molecule has 1 aromatic carbocycles. The first kappa shape index (κ1) is 7.79. The van der Waals surface area contributed by atoms with Crippen LogP contribution in [0.15, 0.2) is 22.7 Å². The Kier molecular flexibility index (Phi) is 1.73. The van der Waals surface area contributed by atoms with Crippen molar-refractivity contribution in [3.05, 3.63) is 24.0 Å². The lowest BCUT2D eigenvalue weighted by Gasteiger charge is -1.89. The van der Waals surface area contributed by atoms with Gasteiger partial charge in [0.1, 0.15) is 17.6 Å². The first-order valence-corrected chi connectivity index (χ1v) is 3.82. The van der Waals surface area contributed by atoms with Gasteiger partial charge in [0.25, 0.3) is 0 Å². The Labute approximate surface area is 73.8 Å². The van der Waals surface area contributed by atoms with Crippen LogP contribution in [0.5, 0.6) is 5.75 Å². The van der Waals surface area contributed by atoms with Crippen molar-refractivity contribution < 1.29 is 14.4 Å². The Bertz CT molecular complexity index is 447. The van der Waals surface area contributed by atoms with Gasteiger partial charge in [-0.1, -0.05) is 5.16 Å². The molecule has 0 aliphatic carbocycles. The molecule has 2 aromatic rings. The normalized spacial score (nSPS) is 10.5. The number of nitrogens with zero attached hydrogens (tertiary/aromatic N) is 1. The number of phenols is 1. The van der Waals surface area contributed by atoms with Crippen molar-refractivity contribution in [2.75, 3.05) is 0 Å². The topological polar surface area (TPSA) is 63.3 Å². The standard InChI is InChI=1S/C9H7NO3/c11-4-3-9-7-2-1-6(12)5-8(7)10-13-9/h1-2,4-5,12H,3H2. The Morgan fingerprint density at radius 2 is 2.38 bits per heavy atom.